The Kier molecular flexibility index (Phi) is 6.65. The van der Waals surface area contributed by atoms with Gasteiger partial charge in [0.1, 0.15) is 0 Å². The van der Waals surface area contributed by atoms with Gasteiger partial charge in [-0.05, 0) is 25.0 Å². The first kappa shape index (κ1) is 12.3. The minimum Gasteiger partial charge on any atom is -0.395 e. The fourth-order valence-electron chi connectivity index (χ4n) is 1.42. The maximum Gasteiger partial charge on any atom is 0.0592 e. The van der Waals surface area contributed by atoms with Crippen molar-refractivity contribution in [1.29, 1.82) is 0 Å². The van der Waals surface area contributed by atoms with Crippen molar-refractivity contribution in [1.82, 2.24) is 5.32 Å². The largest absolute Gasteiger partial charge is 0.395 e. The molecule has 1 atom stereocenters. The summed E-state index contributed by atoms with van der Waals surface area (Å²) in [6.45, 7) is 2.52. The third kappa shape index (κ3) is 5.89. The highest BCUT2D eigenvalue weighted by molar-refractivity contribution is 7.99. The molecule has 0 aromatic heterocycles. The molecule has 1 saturated carbocycles. The molecule has 14 heavy (non-hydrogen) atoms. The van der Waals surface area contributed by atoms with Crippen LogP contribution in [0.2, 0.25) is 0 Å². The molecule has 1 unspecified atom stereocenters. The lowest BCUT2D eigenvalue weighted by molar-refractivity contribution is 0.253. The number of unbranched alkanes of at least 4 members (excludes halogenated alkanes) is 2. The Hall–Kier alpha value is 0.270. The summed E-state index contributed by atoms with van der Waals surface area (Å²) in [6.07, 6.45) is 6.56. The number of aliphatic hydroxyl groups is 1. The number of rotatable bonds is 9. The lowest BCUT2D eigenvalue weighted by Gasteiger charge is -2.15. The maximum absolute atomic E-state index is 9.13. The summed E-state index contributed by atoms with van der Waals surface area (Å²) in [5, 5.41) is 12.6. The standard InChI is InChI=1S/C11H23NOS/c1-2-3-4-7-14-9-11(8-13)12-10-5-6-10/h10-13H,2-9H2,1H3. The van der Waals surface area contributed by atoms with Gasteiger partial charge in [-0.2, -0.15) is 11.8 Å². The summed E-state index contributed by atoms with van der Waals surface area (Å²) in [4.78, 5) is 0. The molecule has 3 heteroatoms. The van der Waals surface area contributed by atoms with E-state index in [1.165, 1.54) is 37.9 Å². The first-order valence-corrected chi connectivity index (χ1v) is 6.97. The van der Waals surface area contributed by atoms with Crippen molar-refractivity contribution in [2.75, 3.05) is 18.1 Å². The van der Waals surface area contributed by atoms with Crippen molar-refractivity contribution in [3.63, 3.8) is 0 Å². The Morgan fingerprint density at radius 1 is 1.43 bits per heavy atom. The normalized spacial score (nSPS) is 18.4. The Morgan fingerprint density at radius 3 is 2.79 bits per heavy atom. The molecule has 0 spiro atoms. The second-order valence-corrected chi connectivity index (χ2v) is 5.25. The molecule has 1 aliphatic carbocycles. The highest BCUT2D eigenvalue weighted by Crippen LogP contribution is 2.20. The summed E-state index contributed by atoms with van der Waals surface area (Å²) in [5.41, 5.74) is 0. The molecule has 2 nitrogen and oxygen atoms in total. The summed E-state index contributed by atoms with van der Waals surface area (Å²) in [5.74, 6) is 2.31. The lowest BCUT2D eigenvalue weighted by Crippen LogP contribution is -2.36. The highest BCUT2D eigenvalue weighted by Gasteiger charge is 2.23. The number of thioether (sulfide) groups is 1. The van der Waals surface area contributed by atoms with E-state index >= 15 is 0 Å². The molecule has 0 amide bonds. The summed E-state index contributed by atoms with van der Waals surface area (Å²) in [6, 6.07) is 1.04. The van der Waals surface area contributed by atoms with E-state index < -0.39 is 0 Å². The summed E-state index contributed by atoms with van der Waals surface area (Å²) >= 11 is 1.97. The topological polar surface area (TPSA) is 32.3 Å². The number of aliphatic hydroxyl groups excluding tert-OH is 1. The predicted octanol–water partition coefficient (Wildman–Crippen LogP) is 2.02. The van der Waals surface area contributed by atoms with E-state index in [9.17, 15) is 0 Å². The van der Waals surface area contributed by atoms with Gasteiger partial charge in [0.15, 0.2) is 0 Å². The van der Waals surface area contributed by atoms with E-state index in [0.29, 0.717) is 12.1 Å². The zero-order valence-corrected chi connectivity index (χ0v) is 9.98. The van der Waals surface area contributed by atoms with Gasteiger partial charge in [-0.25, -0.2) is 0 Å². The molecule has 0 saturated heterocycles. The molecule has 0 aromatic rings. The highest BCUT2D eigenvalue weighted by atomic mass is 32.2. The Balaban J connectivity index is 1.90. The van der Waals surface area contributed by atoms with Gasteiger partial charge in [0.25, 0.3) is 0 Å². The molecule has 84 valence electrons. The Bertz CT molecular complexity index is 139. The van der Waals surface area contributed by atoms with Crippen LogP contribution in [0.25, 0.3) is 0 Å². The van der Waals surface area contributed by atoms with Gasteiger partial charge in [-0.15, -0.1) is 0 Å². The van der Waals surface area contributed by atoms with Crippen LogP contribution in [0.3, 0.4) is 0 Å². The van der Waals surface area contributed by atoms with E-state index in [2.05, 4.69) is 12.2 Å². The molecule has 0 radical (unpaired) electrons. The molecule has 1 aliphatic rings. The number of hydrogen-bond donors (Lipinski definition) is 2. The molecule has 0 bridgehead atoms. The van der Waals surface area contributed by atoms with Crippen LogP contribution in [0, 0.1) is 0 Å². The third-order valence-electron chi connectivity index (χ3n) is 2.48. The zero-order valence-electron chi connectivity index (χ0n) is 9.17. The minimum atomic E-state index is 0.289. The van der Waals surface area contributed by atoms with Gasteiger partial charge in [0.2, 0.25) is 0 Å². The van der Waals surface area contributed by atoms with Crippen molar-refractivity contribution >= 4 is 11.8 Å². The van der Waals surface area contributed by atoms with Crippen molar-refractivity contribution in [2.24, 2.45) is 0 Å². The summed E-state index contributed by atoms with van der Waals surface area (Å²) < 4.78 is 0. The lowest BCUT2D eigenvalue weighted by atomic mass is 10.3. The smallest absolute Gasteiger partial charge is 0.0592 e. The van der Waals surface area contributed by atoms with Crippen molar-refractivity contribution in [3.05, 3.63) is 0 Å². The average Bonchev–Trinajstić information content (AvgIpc) is 2.99. The van der Waals surface area contributed by atoms with Crippen molar-refractivity contribution in [3.8, 4) is 0 Å². The van der Waals surface area contributed by atoms with E-state index in [1.54, 1.807) is 0 Å². The molecular weight excluding hydrogens is 194 g/mol. The molecular formula is C11H23NOS. The van der Waals surface area contributed by atoms with Gasteiger partial charge >= 0.3 is 0 Å². The van der Waals surface area contributed by atoms with Gasteiger partial charge < -0.3 is 10.4 Å². The second kappa shape index (κ2) is 7.55. The van der Waals surface area contributed by atoms with Gasteiger partial charge in [-0.1, -0.05) is 19.8 Å². The SMILES string of the molecule is CCCCCSCC(CO)NC1CC1. The van der Waals surface area contributed by atoms with E-state index in [1.807, 2.05) is 11.8 Å². The molecule has 0 aromatic carbocycles. The van der Waals surface area contributed by atoms with Crippen LogP contribution >= 0.6 is 11.8 Å². The fourth-order valence-corrected chi connectivity index (χ4v) is 2.48. The van der Waals surface area contributed by atoms with Crippen LogP contribution in [0.1, 0.15) is 39.0 Å². The predicted molar refractivity (Wildman–Crippen MR) is 63.9 cm³/mol. The van der Waals surface area contributed by atoms with E-state index in [4.69, 9.17) is 5.11 Å². The van der Waals surface area contributed by atoms with Crippen LogP contribution in [-0.4, -0.2) is 35.3 Å². The molecule has 1 fully saturated rings. The van der Waals surface area contributed by atoms with Gasteiger partial charge in [0, 0.05) is 17.8 Å². The van der Waals surface area contributed by atoms with Crippen LogP contribution in [0.4, 0.5) is 0 Å². The monoisotopic (exact) mass is 217 g/mol. The van der Waals surface area contributed by atoms with Gasteiger partial charge in [-0.3, -0.25) is 0 Å². The fraction of sp³-hybridized carbons (Fsp3) is 1.00. The van der Waals surface area contributed by atoms with E-state index in [-0.39, 0.29) is 6.61 Å². The first-order chi connectivity index (χ1) is 6.86. The van der Waals surface area contributed by atoms with Crippen LogP contribution < -0.4 is 5.32 Å². The van der Waals surface area contributed by atoms with Crippen molar-refractivity contribution < 1.29 is 5.11 Å². The zero-order chi connectivity index (χ0) is 10.2. The number of hydrogen-bond acceptors (Lipinski definition) is 3. The van der Waals surface area contributed by atoms with Crippen LogP contribution in [-0.2, 0) is 0 Å². The first-order valence-electron chi connectivity index (χ1n) is 5.81. The minimum absolute atomic E-state index is 0.289. The van der Waals surface area contributed by atoms with Crippen LogP contribution in [0.5, 0.6) is 0 Å². The number of nitrogens with one attached hydrogen (secondary N) is 1. The van der Waals surface area contributed by atoms with Gasteiger partial charge in [0.05, 0.1) is 6.61 Å². The Labute approximate surface area is 91.9 Å². The Morgan fingerprint density at radius 2 is 2.21 bits per heavy atom. The summed E-state index contributed by atoms with van der Waals surface area (Å²) in [7, 11) is 0. The molecule has 2 N–H and O–H groups in total. The molecule has 0 heterocycles. The van der Waals surface area contributed by atoms with E-state index in [0.717, 1.165) is 5.75 Å². The second-order valence-electron chi connectivity index (χ2n) is 4.10. The average molecular weight is 217 g/mol. The molecule has 0 aliphatic heterocycles. The van der Waals surface area contributed by atoms with Crippen LogP contribution in [0.15, 0.2) is 0 Å². The third-order valence-corrected chi connectivity index (χ3v) is 3.70. The van der Waals surface area contributed by atoms with Crippen molar-refractivity contribution in [2.45, 2.75) is 51.1 Å². The molecule has 1 rings (SSSR count). The quantitative estimate of drug-likeness (QED) is 0.580. The maximum atomic E-state index is 9.13.